The van der Waals surface area contributed by atoms with Crippen molar-refractivity contribution in [3.05, 3.63) is 0 Å². The van der Waals surface area contributed by atoms with E-state index < -0.39 is 10.0 Å². The maximum atomic E-state index is 12.2. The van der Waals surface area contributed by atoms with E-state index in [1.54, 1.807) is 0 Å². The maximum Gasteiger partial charge on any atom is 0.214 e. The molecule has 2 saturated carbocycles. The van der Waals surface area contributed by atoms with Gasteiger partial charge in [0, 0.05) is 12.6 Å². The van der Waals surface area contributed by atoms with Gasteiger partial charge in [0.05, 0.1) is 5.75 Å². The summed E-state index contributed by atoms with van der Waals surface area (Å²) in [6, 6.07) is 0.365. The molecule has 1 aliphatic heterocycles. The largest absolute Gasteiger partial charge is 0.214 e. The molecule has 16 heavy (non-hydrogen) atoms. The van der Waals surface area contributed by atoms with Crippen molar-refractivity contribution in [2.24, 2.45) is 11.8 Å². The van der Waals surface area contributed by atoms with Gasteiger partial charge in [-0.3, -0.25) is 0 Å². The predicted octanol–water partition coefficient (Wildman–Crippen LogP) is 1.99. The van der Waals surface area contributed by atoms with E-state index in [4.69, 9.17) is 0 Å². The van der Waals surface area contributed by atoms with Crippen molar-refractivity contribution in [1.82, 2.24) is 4.31 Å². The summed E-state index contributed by atoms with van der Waals surface area (Å²) in [4.78, 5) is 0. The van der Waals surface area contributed by atoms with Gasteiger partial charge >= 0.3 is 0 Å². The third-order valence-corrected chi connectivity index (χ3v) is 6.47. The molecule has 2 aliphatic carbocycles. The summed E-state index contributed by atoms with van der Waals surface area (Å²) >= 11 is 0. The third kappa shape index (κ3) is 2.02. The Morgan fingerprint density at radius 2 is 1.88 bits per heavy atom. The first-order valence-electron chi connectivity index (χ1n) is 6.66. The van der Waals surface area contributed by atoms with Gasteiger partial charge in [-0.25, -0.2) is 8.42 Å². The molecule has 1 heterocycles. The smallest absolute Gasteiger partial charge is 0.212 e. The highest BCUT2D eigenvalue weighted by atomic mass is 32.2. The van der Waals surface area contributed by atoms with Crippen molar-refractivity contribution in [3.63, 3.8) is 0 Å². The Morgan fingerprint density at radius 3 is 2.62 bits per heavy atom. The van der Waals surface area contributed by atoms with Crippen LogP contribution in [0, 0.1) is 11.8 Å². The molecule has 2 atom stereocenters. The fourth-order valence-corrected chi connectivity index (χ4v) is 5.32. The van der Waals surface area contributed by atoms with Crippen molar-refractivity contribution in [2.45, 2.75) is 51.0 Å². The second-order valence-electron chi connectivity index (χ2n) is 5.71. The van der Waals surface area contributed by atoms with Gasteiger partial charge in [0.1, 0.15) is 0 Å². The van der Waals surface area contributed by atoms with E-state index in [1.807, 2.05) is 4.31 Å². The summed E-state index contributed by atoms with van der Waals surface area (Å²) in [6.07, 6.45) is 8.09. The Hall–Kier alpha value is -0.0900. The first-order chi connectivity index (χ1) is 7.67. The van der Waals surface area contributed by atoms with Crippen LogP contribution < -0.4 is 0 Å². The topological polar surface area (TPSA) is 37.4 Å². The summed E-state index contributed by atoms with van der Waals surface area (Å²) in [7, 11) is -2.94. The van der Waals surface area contributed by atoms with Gasteiger partial charge in [-0.05, 0) is 37.5 Å². The van der Waals surface area contributed by atoms with E-state index in [-0.39, 0.29) is 0 Å². The van der Waals surface area contributed by atoms with Crippen LogP contribution in [0.25, 0.3) is 0 Å². The second-order valence-corrected chi connectivity index (χ2v) is 7.75. The minimum absolute atomic E-state index is 0.365. The molecule has 3 aliphatic rings. The molecule has 4 heteroatoms. The first kappa shape index (κ1) is 11.0. The highest BCUT2D eigenvalue weighted by molar-refractivity contribution is 7.89. The van der Waals surface area contributed by atoms with E-state index in [2.05, 4.69) is 0 Å². The van der Waals surface area contributed by atoms with Gasteiger partial charge in [0.2, 0.25) is 10.0 Å². The van der Waals surface area contributed by atoms with Crippen molar-refractivity contribution >= 4 is 10.0 Å². The van der Waals surface area contributed by atoms with E-state index in [0.717, 1.165) is 31.7 Å². The van der Waals surface area contributed by atoms with Crippen LogP contribution >= 0.6 is 0 Å². The SMILES string of the molecule is O=S(=O)(CCC1CC1)N1CCC2CCCC21. The Balaban J connectivity index is 1.65. The molecule has 3 fully saturated rings. The highest BCUT2D eigenvalue weighted by Gasteiger charge is 2.43. The molecule has 0 spiro atoms. The molecule has 0 N–H and O–H groups in total. The fraction of sp³-hybridized carbons (Fsp3) is 1.00. The molecule has 2 unspecified atom stereocenters. The Bertz CT molecular complexity index is 361. The van der Waals surface area contributed by atoms with Gasteiger partial charge < -0.3 is 0 Å². The highest BCUT2D eigenvalue weighted by Crippen LogP contribution is 2.40. The standard InChI is InChI=1S/C12H21NO2S/c14-16(15,9-7-10-4-5-10)13-8-6-11-2-1-3-12(11)13/h10-12H,1-9H2. The second kappa shape index (κ2) is 3.98. The van der Waals surface area contributed by atoms with Crippen LogP contribution in [-0.2, 0) is 10.0 Å². The lowest BCUT2D eigenvalue weighted by Gasteiger charge is -2.23. The lowest BCUT2D eigenvalue weighted by molar-refractivity contribution is 0.366. The van der Waals surface area contributed by atoms with Crippen LogP contribution in [0.3, 0.4) is 0 Å². The summed E-state index contributed by atoms with van der Waals surface area (Å²) in [5, 5.41) is 0. The average Bonchev–Trinajstić information content (AvgIpc) is 2.78. The monoisotopic (exact) mass is 243 g/mol. The van der Waals surface area contributed by atoms with Crippen LogP contribution in [0.1, 0.15) is 44.9 Å². The van der Waals surface area contributed by atoms with Gasteiger partial charge in [0.15, 0.2) is 0 Å². The molecule has 0 aromatic carbocycles. The minimum atomic E-state index is -2.94. The summed E-state index contributed by atoms with van der Waals surface area (Å²) in [5.41, 5.74) is 0. The van der Waals surface area contributed by atoms with Gasteiger partial charge in [-0.2, -0.15) is 4.31 Å². The van der Waals surface area contributed by atoms with Crippen molar-refractivity contribution in [1.29, 1.82) is 0 Å². The van der Waals surface area contributed by atoms with E-state index in [0.29, 0.717) is 17.7 Å². The quantitative estimate of drug-likeness (QED) is 0.757. The summed E-state index contributed by atoms with van der Waals surface area (Å²) in [6.45, 7) is 0.794. The van der Waals surface area contributed by atoms with Gasteiger partial charge in [0.25, 0.3) is 0 Å². The Labute approximate surface area is 98.3 Å². The minimum Gasteiger partial charge on any atom is -0.212 e. The molecule has 3 nitrogen and oxygen atoms in total. The molecule has 3 rings (SSSR count). The molecular formula is C12H21NO2S. The van der Waals surface area contributed by atoms with Crippen LogP contribution in [0.4, 0.5) is 0 Å². The van der Waals surface area contributed by atoms with E-state index in [1.165, 1.54) is 25.7 Å². The molecule has 0 bridgehead atoms. The molecule has 0 radical (unpaired) electrons. The Morgan fingerprint density at radius 1 is 1.06 bits per heavy atom. The maximum absolute atomic E-state index is 12.2. The van der Waals surface area contributed by atoms with Crippen LogP contribution in [0.15, 0.2) is 0 Å². The lowest BCUT2D eigenvalue weighted by atomic mass is 10.1. The van der Waals surface area contributed by atoms with Gasteiger partial charge in [-0.15, -0.1) is 0 Å². The van der Waals surface area contributed by atoms with Crippen molar-refractivity contribution in [3.8, 4) is 0 Å². The van der Waals surface area contributed by atoms with Crippen molar-refractivity contribution < 1.29 is 8.42 Å². The summed E-state index contributed by atoms with van der Waals surface area (Å²) < 4.78 is 26.3. The molecule has 1 saturated heterocycles. The van der Waals surface area contributed by atoms with E-state index in [9.17, 15) is 8.42 Å². The summed E-state index contributed by atoms with van der Waals surface area (Å²) in [5.74, 6) is 1.80. The number of sulfonamides is 1. The number of rotatable bonds is 4. The zero-order valence-electron chi connectivity index (χ0n) is 9.77. The zero-order valence-corrected chi connectivity index (χ0v) is 10.6. The molecule has 0 aromatic rings. The average molecular weight is 243 g/mol. The number of nitrogens with zero attached hydrogens (tertiary/aromatic N) is 1. The van der Waals surface area contributed by atoms with Gasteiger partial charge in [-0.1, -0.05) is 19.3 Å². The predicted molar refractivity (Wildman–Crippen MR) is 63.6 cm³/mol. The number of hydrogen-bond donors (Lipinski definition) is 0. The normalized spacial score (nSPS) is 35.5. The van der Waals surface area contributed by atoms with Crippen LogP contribution in [-0.4, -0.2) is 31.1 Å². The third-order valence-electron chi connectivity index (χ3n) is 4.55. The molecular weight excluding hydrogens is 222 g/mol. The first-order valence-corrected chi connectivity index (χ1v) is 8.27. The lowest BCUT2D eigenvalue weighted by Crippen LogP contribution is -2.37. The van der Waals surface area contributed by atoms with Crippen LogP contribution in [0.5, 0.6) is 0 Å². The zero-order chi connectivity index (χ0) is 11.2. The van der Waals surface area contributed by atoms with Crippen LogP contribution in [0.2, 0.25) is 0 Å². The Kier molecular flexibility index (Phi) is 2.75. The fourth-order valence-electron chi connectivity index (χ4n) is 3.38. The van der Waals surface area contributed by atoms with E-state index >= 15 is 0 Å². The molecule has 92 valence electrons. The van der Waals surface area contributed by atoms with Crippen molar-refractivity contribution in [2.75, 3.05) is 12.3 Å². The number of fused-ring (bicyclic) bond motifs is 1. The molecule has 0 amide bonds. The molecule has 0 aromatic heterocycles. The number of hydrogen-bond acceptors (Lipinski definition) is 2.